The fraction of sp³-hybridized carbons (Fsp3) is 0.100. The molecule has 0 fully saturated rings. The largest absolute Gasteiger partial charge is 0.325 e. The highest BCUT2D eigenvalue weighted by Crippen LogP contribution is 2.40. The van der Waals surface area contributed by atoms with Gasteiger partial charge in [-0.2, -0.15) is 0 Å². The Labute approximate surface area is 163 Å². The van der Waals surface area contributed by atoms with Crippen molar-refractivity contribution in [1.29, 1.82) is 10.8 Å². The predicted octanol–water partition coefficient (Wildman–Crippen LogP) is 5.88. The fourth-order valence-corrected chi connectivity index (χ4v) is 3.77. The molecule has 0 bridgehead atoms. The van der Waals surface area contributed by atoms with Gasteiger partial charge >= 0.3 is 0 Å². The predicted molar refractivity (Wildman–Crippen MR) is 106 cm³/mol. The molecule has 1 aliphatic heterocycles. The molecule has 0 amide bonds. The Morgan fingerprint density at radius 3 is 2.41 bits per heavy atom. The first kappa shape index (κ1) is 17.9. The molecular weight excluding hydrogens is 391 g/mol. The van der Waals surface area contributed by atoms with Crippen LogP contribution >= 0.6 is 23.2 Å². The van der Waals surface area contributed by atoms with Gasteiger partial charge in [0.1, 0.15) is 11.7 Å². The van der Waals surface area contributed by atoms with Crippen molar-refractivity contribution in [3.05, 3.63) is 69.2 Å². The standard InChI is InChI=1S/C20H13Cl2F2N3/c21-14-7-11-6-13-18(20(26)27-19(13)25)17(12(11)8-15(14)22)10-3-1-2-9(4-10)5-16(23)24/h1-4,6-8,16H,5H2,(H3,25,26,27). The molecule has 7 heteroatoms. The SMILES string of the molecule is N=C1NC(=N)c2c1cc1cc(Cl)c(Cl)cc1c2-c1cccc(CC(F)F)c1. The van der Waals surface area contributed by atoms with Gasteiger partial charge in [0.05, 0.1) is 10.0 Å². The van der Waals surface area contributed by atoms with E-state index in [1.807, 2.05) is 6.07 Å². The Hall–Kier alpha value is -2.50. The van der Waals surface area contributed by atoms with Gasteiger partial charge in [0, 0.05) is 23.1 Å². The number of amidine groups is 2. The molecule has 4 rings (SSSR count). The third-order valence-electron chi connectivity index (χ3n) is 4.56. The third kappa shape index (κ3) is 3.07. The summed E-state index contributed by atoms with van der Waals surface area (Å²) in [5.41, 5.74) is 2.99. The van der Waals surface area contributed by atoms with Crippen molar-refractivity contribution in [2.75, 3.05) is 0 Å². The van der Waals surface area contributed by atoms with Gasteiger partial charge in [-0.15, -0.1) is 0 Å². The van der Waals surface area contributed by atoms with E-state index in [0.717, 1.165) is 10.8 Å². The van der Waals surface area contributed by atoms with Crippen LogP contribution in [0.2, 0.25) is 10.0 Å². The zero-order valence-corrected chi connectivity index (χ0v) is 15.3. The first-order chi connectivity index (χ1) is 12.8. The summed E-state index contributed by atoms with van der Waals surface area (Å²) in [5, 5.41) is 21.4. The molecule has 0 saturated carbocycles. The van der Waals surface area contributed by atoms with Crippen molar-refractivity contribution in [3.8, 4) is 11.1 Å². The molecule has 1 aliphatic rings. The number of hydrogen-bond donors (Lipinski definition) is 3. The maximum Gasteiger partial charge on any atom is 0.242 e. The third-order valence-corrected chi connectivity index (χ3v) is 5.28. The van der Waals surface area contributed by atoms with Crippen LogP contribution in [0.5, 0.6) is 0 Å². The summed E-state index contributed by atoms with van der Waals surface area (Å²) >= 11 is 12.4. The molecule has 0 saturated heterocycles. The molecule has 0 aliphatic carbocycles. The first-order valence-electron chi connectivity index (χ1n) is 8.13. The summed E-state index contributed by atoms with van der Waals surface area (Å²) in [6.07, 6.45) is -2.79. The monoisotopic (exact) mass is 403 g/mol. The van der Waals surface area contributed by atoms with E-state index in [-0.39, 0.29) is 18.1 Å². The van der Waals surface area contributed by atoms with Crippen LogP contribution < -0.4 is 5.32 Å². The number of halogens is 4. The number of alkyl halides is 2. The summed E-state index contributed by atoms with van der Waals surface area (Å²) in [6.45, 7) is 0. The van der Waals surface area contributed by atoms with Gasteiger partial charge in [0.2, 0.25) is 6.43 Å². The topological polar surface area (TPSA) is 59.7 Å². The highest BCUT2D eigenvalue weighted by atomic mass is 35.5. The molecule has 1 heterocycles. The van der Waals surface area contributed by atoms with E-state index in [1.165, 1.54) is 0 Å². The summed E-state index contributed by atoms with van der Waals surface area (Å²) < 4.78 is 25.7. The maximum absolute atomic E-state index is 12.8. The van der Waals surface area contributed by atoms with E-state index in [2.05, 4.69) is 5.32 Å². The van der Waals surface area contributed by atoms with Gasteiger partial charge in [0.25, 0.3) is 0 Å². The van der Waals surface area contributed by atoms with Gasteiger partial charge in [-0.3, -0.25) is 10.8 Å². The highest BCUT2D eigenvalue weighted by Gasteiger charge is 2.27. The zero-order chi connectivity index (χ0) is 19.3. The van der Waals surface area contributed by atoms with Crippen molar-refractivity contribution in [1.82, 2.24) is 5.32 Å². The van der Waals surface area contributed by atoms with E-state index in [4.69, 9.17) is 34.0 Å². The van der Waals surface area contributed by atoms with Crippen LogP contribution in [0.15, 0.2) is 42.5 Å². The van der Waals surface area contributed by atoms with Crippen LogP contribution in [0.3, 0.4) is 0 Å². The van der Waals surface area contributed by atoms with Gasteiger partial charge in [0.15, 0.2) is 0 Å². The second-order valence-electron chi connectivity index (χ2n) is 6.33. The lowest BCUT2D eigenvalue weighted by Gasteiger charge is -2.14. The first-order valence-corrected chi connectivity index (χ1v) is 8.89. The van der Waals surface area contributed by atoms with Gasteiger partial charge in [-0.05, 0) is 40.1 Å². The molecule has 0 radical (unpaired) electrons. The van der Waals surface area contributed by atoms with E-state index >= 15 is 0 Å². The lowest BCUT2D eigenvalue weighted by atomic mass is 9.89. The molecule has 3 aromatic rings. The van der Waals surface area contributed by atoms with Crippen LogP contribution in [0.25, 0.3) is 21.9 Å². The second-order valence-corrected chi connectivity index (χ2v) is 7.15. The summed E-state index contributed by atoms with van der Waals surface area (Å²) in [5.74, 6) is 0.213. The molecule has 0 atom stereocenters. The highest BCUT2D eigenvalue weighted by molar-refractivity contribution is 6.43. The number of fused-ring (bicyclic) bond motifs is 2. The van der Waals surface area contributed by atoms with Crippen LogP contribution in [0.1, 0.15) is 16.7 Å². The quantitative estimate of drug-likeness (QED) is 0.502. The molecule has 3 N–H and O–H groups in total. The lowest BCUT2D eigenvalue weighted by Crippen LogP contribution is -2.20. The Morgan fingerprint density at radius 2 is 1.67 bits per heavy atom. The van der Waals surface area contributed by atoms with Crippen molar-refractivity contribution in [3.63, 3.8) is 0 Å². The number of hydrogen-bond acceptors (Lipinski definition) is 2. The van der Waals surface area contributed by atoms with Gasteiger partial charge in [-0.25, -0.2) is 8.78 Å². The lowest BCUT2D eigenvalue weighted by molar-refractivity contribution is 0.149. The van der Waals surface area contributed by atoms with Crippen LogP contribution in [0, 0.1) is 10.8 Å². The van der Waals surface area contributed by atoms with Crippen molar-refractivity contribution in [2.24, 2.45) is 0 Å². The normalized spacial score (nSPS) is 13.4. The smallest absolute Gasteiger partial charge is 0.242 e. The van der Waals surface area contributed by atoms with Gasteiger partial charge < -0.3 is 5.32 Å². The van der Waals surface area contributed by atoms with Crippen molar-refractivity contribution < 1.29 is 8.78 Å². The number of nitrogens with one attached hydrogen (secondary N) is 3. The average Bonchev–Trinajstić information content (AvgIpc) is 2.88. The number of rotatable bonds is 3. The minimum atomic E-state index is -2.44. The second kappa shape index (κ2) is 6.59. The summed E-state index contributed by atoms with van der Waals surface area (Å²) in [6, 6.07) is 12.1. The molecule has 0 unspecified atom stereocenters. The molecule has 27 heavy (non-hydrogen) atoms. The average molecular weight is 404 g/mol. The Morgan fingerprint density at radius 1 is 0.926 bits per heavy atom. The minimum absolute atomic E-state index is 0.0947. The van der Waals surface area contributed by atoms with E-state index in [1.54, 1.807) is 36.4 Å². The summed E-state index contributed by atoms with van der Waals surface area (Å²) in [7, 11) is 0. The molecule has 3 nitrogen and oxygen atoms in total. The van der Waals surface area contributed by atoms with E-state index in [9.17, 15) is 8.78 Å². The molecule has 0 spiro atoms. The fourth-order valence-electron chi connectivity index (χ4n) is 3.44. The van der Waals surface area contributed by atoms with E-state index < -0.39 is 6.43 Å². The van der Waals surface area contributed by atoms with E-state index in [0.29, 0.717) is 37.9 Å². The Kier molecular flexibility index (Phi) is 4.36. The van der Waals surface area contributed by atoms with Gasteiger partial charge in [-0.1, -0.05) is 47.5 Å². The molecule has 0 aromatic heterocycles. The van der Waals surface area contributed by atoms with Crippen LogP contribution in [-0.2, 0) is 6.42 Å². The molecule has 3 aromatic carbocycles. The van der Waals surface area contributed by atoms with Crippen molar-refractivity contribution in [2.45, 2.75) is 12.8 Å². The van der Waals surface area contributed by atoms with Crippen LogP contribution in [0.4, 0.5) is 8.78 Å². The number of benzene rings is 3. The minimum Gasteiger partial charge on any atom is -0.325 e. The maximum atomic E-state index is 12.8. The zero-order valence-electron chi connectivity index (χ0n) is 13.8. The Balaban J connectivity index is 2.07. The molecule has 136 valence electrons. The Bertz CT molecular complexity index is 1130. The molecular formula is C20H13Cl2F2N3. The van der Waals surface area contributed by atoms with Crippen molar-refractivity contribution >= 4 is 45.6 Å². The van der Waals surface area contributed by atoms with Crippen LogP contribution in [-0.4, -0.2) is 18.1 Å². The summed E-state index contributed by atoms with van der Waals surface area (Å²) in [4.78, 5) is 0.